The molecule has 0 aromatic carbocycles. The first-order valence-corrected chi connectivity index (χ1v) is 7.22. The van der Waals surface area contributed by atoms with Gasteiger partial charge in [-0.15, -0.1) is 0 Å². The molecule has 19 heavy (non-hydrogen) atoms. The van der Waals surface area contributed by atoms with Gasteiger partial charge in [0.2, 0.25) is 0 Å². The predicted octanol–water partition coefficient (Wildman–Crippen LogP) is 3.14. The SMILES string of the molecule is CCC(Nc1ccnc(C(C)(C)C)n1)C1CCCO1. The summed E-state index contributed by atoms with van der Waals surface area (Å²) in [5, 5.41) is 3.51. The van der Waals surface area contributed by atoms with Gasteiger partial charge in [-0.05, 0) is 25.3 Å². The van der Waals surface area contributed by atoms with Crippen molar-refractivity contribution in [1.29, 1.82) is 0 Å². The molecule has 0 radical (unpaired) electrons. The monoisotopic (exact) mass is 263 g/mol. The molecule has 1 fully saturated rings. The van der Waals surface area contributed by atoms with E-state index >= 15 is 0 Å². The van der Waals surface area contributed by atoms with E-state index < -0.39 is 0 Å². The molecule has 1 saturated heterocycles. The van der Waals surface area contributed by atoms with Crippen LogP contribution in [-0.4, -0.2) is 28.7 Å². The topological polar surface area (TPSA) is 47.0 Å². The van der Waals surface area contributed by atoms with Crippen LogP contribution in [0, 0.1) is 0 Å². The molecule has 1 aromatic rings. The van der Waals surface area contributed by atoms with Crippen LogP contribution in [0.25, 0.3) is 0 Å². The summed E-state index contributed by atoms with van der Waals surface area (Å²) in [6, 6.07) is 2.28. The van der Waals surface area contributed by atoms with Crippen LogP contribution >= 0.6 is 0 Å². The van der Waals surface area contributed by atoms with Gasteiger partial charge >= 0.3 is 0 Å². The van der Waals surface area contributed by atoms with Gasteiger partial charge in [-0.25, -0.2) is 9.97 Å². The molecule has 2 heterocycles. The Bertz CT molecular complexity index is 408. The number of nitrogens with zero attached hydrogens (tertiary/aromatic N) is 2. The number of aromatic nitrogens is 2. The van der Waals surface area contributed by atoms with Crippen molar-refractivity contribution < 1.29 is 4.74 Å². The average molecular weight is 263 g/mol. The van der Waals surface area contributed by atoms with Crippen molar-refractivity contribution in [3.05, 3.63) is 18.1 Å². The molecule has 2 atom stereocenters. The first kappa shape index (κ1) is 14.3. The largest absolute Gasteiger partial charge is 0.376 e. The number of rotatable bonds is 4. The van der Waals surface area contributed by atoms with Crippen LogP contribution in [0.1, 0.15) is 52.8 Å². The molecular weight excluding hydrogens is 238 g/mol. The second-order valence-corrected chi connectivity index (χ2v) is 6.23. The zero-order valence-corrected chi connectivity index (χ0v) is 12.4. The summed E-state index contributed by atoms with van der Waals surface area (Å²) in [4.78, 5) is 8.98. The molecular formula is C15H25N3O. The second-order valence-electron chi connectivity index (χ2n) is 6.23. The molecule has 2 unspecified atom stereocenters. The lowest BCUT2D eigenvalue weighted by Crippen LogP contribution is -2.33. The summed E-state index contributed by atoms with van der Waals surface area (Å²) in [5.41, 5.74) is -0.0245. The summed E-state index contributed by atoms with van der Waals surface area (Å²) in [7, 11) is 0. The quantitative estimate of drug-likeness (QED) is 0.906. The van der Waals surface area contributed by atoms with Crippen molar-refractivity contribution in [3.8, 4) is 0 Å². The standard InChI is InChI=1S/C15H25N3O/c1-5-11(12-7-6-10-19-12)17-13-8-9-16-14(18-13)15(2,3)4/h8-9,11-12H,5-7,10H2,1-4H3,(H,16,17,18). The molecule has 0 spiro atoms. The van der Waals surface area contributed by atoms with E-state index in [1.807, 2.05) is 12.3 Å². The maximum atomic E-state index is 5.77. The third kappa shape index (κ3) is 3.66. The lowest BCUT2D eigenvalue weighted by Gasteiger charge is -2.24. The Kier molecular flexibility index (Phi) is 4.40. The Hall–Kier alpha value is -1.16. The Morgan fingerprint density at radius 3 is 2.84 bits per heavy atom. The van der Waals surface area contributed by atoms with Crippen molar-refractivity contribution >= 4 is 5.82 Å². The summed E-state index contributed by atoms with van der Waals surface area (Å²) < 4.78 is 5.77. The molecule has 1 aliphatic heterocycles. The highest BCUT2D eigenvalue weighted by Gasteiger charge is 2.25. The van der Waals surface area contributed by atoms with E-state index in [1.165, 1.54) is 6.42 Å². The van der Waals surface area contributed by atoms with E-state index in [-0.39, 0.29) is 5.41 Å². The first-order valence-electron chi connectivity index (χ1n) is 7.22. The van der Waals surface area contributed by atoms with Gasteiger partial charge in [-0.3, -0.25) is 0 Å². The summed E-state index contributed by atoms with van der Waals surface area (Å²) in [6.45, 7) is 9.46. The number of hydrogen-bond donors (Lipinski definition) is 1. The summed E-state index contributed by atoms with van der Waals surface area (Å²) in [6.07, 6.45) is 5.50. The third-order valence-corrected chi connectivity index (χ3v) is 3.51. The van der Waals surface area contributed by atoms with Crippen molar-refractivity contribution in [3.63, 3.8) is 0 Å². The van der Waals surface area contributed by atoms with Gasteiger partial charge in [-0.2, -0.15) is 0 Å². The molecule has 0 saturated carbocycles. The number of nitrogens with one attached hydrogen (secondary N) is 1. The molecule has 1 N–H and O–H groups in total. The van der Waals surface area contributed by atoms with E-state index in [9.17, 15) is 0 Å². The van der Waals surface area contributed by atoms with Gasteiger partial charge in [-0.1, -0.05) is 27.7 Å². The average Bonchev–Trinajstić information content (AvgIpc) is 2.89. The van der Waals surface area contributed by atoms with E-state index in [0.29, 0.717) is 12.1 Å². The molecule has 1 aliphatic rings. The molecule has 2 rings (SSSR count). The molecule has 106 valence electrons. The fourth-order valence-corrected chi connectivity index (χ4v) is 2.37. The van der Waals surface area contributed by atoms with Gasteiger partial charge < -0.3 is 10.1 Å². The smallest absolute Gasteiger partial charge is 0.135 e. The zero-order chi connectivity index (χ0) is 13.9. The lowest BCUT2D eigenvalue weighted by atomic mass is 9.96. The van der Waals surface area contributed by atoms with Gasteiger partial charge in [0, 0.05) is 18.2 Å². The molecule has 1 aromatic heterocycles. The fraction of sp³-hybridized carbons (Fsp3) is 0.733. The van der Waals surface area contributed by atoms with Gasteiger partial charge in [0.25, 0.3) is 0 Å². The highest BCUT2D eigenvalue weighted by Crippen LogP contribution is 2.22. The second kappa shape index (κ2) is 5.87. The van der Waals surface area contributed by atoms with Crippen molar-refractivity contribution in [2.75, 3.05) is 11.9 Å². The first-order chi connectivity index (χ1) is 9.00. The van der Waals surface area contributed by atoms with Crippen LogP contribution in [0.2, 0.25) is 0 Å². The minimum atomic E-state index is -0.0245. The summed E-state index contributed by atoms with van der Waals surface area (Å²) >= 11 is 0. The van der Waals surface area contributed by atoms with Crippen LogP contribution in [-0.2, 0) is 10.2 Å². The van der Waals surface area contributed by atoms with Gasteiger partial charge in [0.1, 0.15) is 11.6 Å². The Labute approximate surface area is 116 Å². The Morgan fingerprint density at radius 1 is 1.47 bits per heavy atom. The van der Waals surface area contributed by atoms with Crippen LogP contribution in [0.5, 0.6) is 0 Å². The number of hydrogen-bond acceptors (Lipinski definition) is 4. The van der Waals surface area contributed by atoms with Crippen LogP contribution in [0.15, 0.2) is 12.3 Å². The summed E-state index contributed by atoms with van der Waals surface area (Å²) in [5.74, 6) is 1.78. The van der Waals surface area contributed by atoms with Crippen LogP contribution in [0.3, 0.4) is 0 Å². The van der Waals surface area contributed by atoms with Crippen molar-refractivity contribution in [2.24, 2.45) is 0 Å². The molecule has 0 aliphatic carbocycles. The van der Waals surface area contributed by atoms with Crippen molar-refractivity contribution in [1.82, 2.24) is 9.97 Å². The van der Waals surface area contributed by atoms with Crippen LogP contribution in [0.4, 0.5) is 5.82 Å². The van der Waals surface area contributed by atoms with E-state index in [1.54, 1.807) is 0 Å². The molecule has 0 bridgehead atoms. The minimum absolute atomic E-state index is 0.0245. The molecule has 0 amide bonds. The molecule has 4 nitrogen and oxygen atoms in total. The Balaban J connectivity index is 2.09. The van der Waals surface area contributed by atoms with Crippen LogP contribution < -0.4 is 5.32 Å². The highest BCUT2D eigenvalue weighted by molar-refractivity contribution is 5.35. The van der Waals surface area contributed by atoms with E-state index in [2.05, 4.69) is 43.0 Å². The maximum Gasteiger partial charge on any atom is 0.135 e. The maximum absolute atomic E-state index is 5.77. The normalized spacial score (nSPS) is 21.4. The highest BCUT2D eigenvalue weighted by atomic mass is 16.5. The number of anilines is 1. The van der Waals surface area contributed by atoms with Gasteiger partial charge in [0.05, 0.1) is 12.1 Å². The fourth-order valence-electron chi connectivity index (χ4n) is 2.37. The Morgan fingerprint density at radius 2 is 2.26 bits per heavy atom. The van der Waals surface area contributed by atoms with Gasteiger partial charge in [0.15, 0.2) is 0 Å². The number of ether oxygens (including phenoxy) is 1. The molecule has 4 heteroatoms. The minimum Gasteiger partial charge on any atom is -0.376 e. The van der Waals surface area contributed by atoms with Crippen molar-refractivity contribution in [2.45, 2.75) is 64.5 Å². The lowest BCUT2D eigenvalue weighted by molar-refractivity contribution is 0.0942. The van der Waals surface area contributed by atoms with E-state index in [4.69, 9.17) is 4.74 Å². The third-order valence-electron chi connectivity index (χ3n) is 3.51. The predicted molar refractivity (Wildman–Crippen MR) is 77.4 cm³/mol. The van der Waals surface area contributed by atoms with E-state index in [0.717, 1.165) is 31.1 Å². The zero-order valence-electron chi connectivity index (χ0n) is 12.4.